The summed E-state index contributed by atoms with van der Waals surface area (Å²) < 4.78 is 5.12. The van der Waals surface area contributed by atoms with Gasteiger partial charge >= 0.3 is 6.03 Å². The molecule has 0 aliphatic rings. The first-order valence-corrected chi connectivity index (χ1v) is 10.6. The van der Waals surface area contributed by atoms with Gasteiger partial charge in [-0.05, 0) is 80.1 Å². The molecule has 2 amide bonds. The Morgan fingerprint density at radius 1 is 0.735 bits per heavy atom. The predicted molar refractivity (Wildman–Crippen MR) is 134 cm³/mol. The number of anilines is 6. The zero-order chi connectivity index (χ0) is 23.9. The fourth-order valence-electron chi connectivity index (χ4n) is 3.18. The number of methoxy groups -OCH3 is 1. The average Bonchev–Trinajstić information content (AvgIpc) is 2.80. The Morgan fingerprint density at radius 2 is 1.32 bits per heavy atom. The van der Waals surface area contributed by atoms with Crippen molar-refractivity contribution >= 4 is 40.5 Å². The fourth-order valence-corrected chi connectivity index (χ4v) is 3.18. The minimum atomic E-state index is -0.335. The maximum Gasteiger partial charge on any atom is 0.323 e. The molecule has 0 saturated heterocycles. The number of urea groups is 1. The number of pyridine rings is 1. The number of benzene rings is 2. The summed E-state index contributed by atoms with van der Waals surface area (Å²) in [7, 11) is 1.60. The second-order valence-electron chi connectivity index (χ2n) is 7.54. The molecule has 0 saturated carbocycles. The number of hydrogen-bond acceptors (Lipinski definition) is 7. The summed E-state index contributed by atoms with van der Waals surface area (Å²) in [4.78, 5) is 25.4. The van der Waals surface area contributed by atoms with Crippen LogP contribution in [0, 0.1) is 13.8 Å². The molecule has 4 aromatic rings. The molecule has 0 radical (unpaired) electrons. The Kier molecular flexibility index (Phi) is 6.83. The van der Waals surface area contributed by atoms with Crippen LogP contribution in [0.5, 0.6) is 5.75 Å². The van der Waals surface area contributed by atoms with E-state index >= 15 is 0 Å². The van der Waals surface area contributed by atoms with E-state index in [-0.39, 0.29) is 6.03 Å². The standard InChI is InChI=1S/C25H25N7O2/c1-16-12-13-26-22(14-16)32-24-15-23(27-17(2)28-24)29-18-4-6-19(7-5-18)30-25(33)31-20-8-10-21(34-3)11-9-20/h4-15H,1-3H3,(H2,30,31,33)(H2,26,27,28,29,32). The third-order valence-corrected chi connectivity index (χ3v) is 4.77. The molecule has 4 N–H and O–H groups in total. The first-order valence-electron chi connectivity index (χ1n) is 10.6. The number of nitrogens with zero attached hydrogens (tertiary/aromatic N) is 3. The number of ether oxygens (including phenoxy) is 1. The quantitative estimate of drug-likeness (QED) is 0.286. The molecular formula is C25H25N7O2. The van der Waals surface area contributed by atoms with Gasteiger partial charge in [0, 0.05) is 29.3 Å². The number of carbonyl (C=O) groups excluding carboxylic acids is 1. The maximum atomic E-state index is 12.3. The molecule has 2 heterocycles. The third-order valence-electron chi connectivity index (χ3n) is 4.77. The number of aromatic nitrogens is 3. The highest BCUT2D eigenvalue weighted by Crippen LogP contribution is 2.22. The lowest BCUT2D eigenvalue weighted by molar-refractivity contribution is 0.262. The smallest absolute Gasteiger partial charge is 0.323 e. The van der Waals surface area contributed by atoms with Crippen molar-refractivity contribution in [2.75, 3.05) is 28.4 Å². The summed E-state index contributed by atoms with van der Waals surface area (Å²) in [5.74, 6) is 3.34. The molecule has 0 bridgehead atoms. The second-order valence-corrected chi connectivity index (χ2v) is 7.54. The molecule has 0 unspecified atom stereocenters. The van der Waals surface area contributed by atoms with Crippen LogP contribution in [0.15, 0.2) is 72.9 Å². The van der Waals surface area contributed by atoms with Gasteiger partial charge < -0.3 is 26.0 Å². The molecule has 2 aromatic carbocycles. The monoisotopic (exact) mass is 455 g/mol. The van der Waals surface area contributed by atoms with Crippen molar-refractivity contribution in [2.45, 2.75) is 13.8 Å². The summed E-state index contributed by atoms with van der Waals surface area (Å²) in [5, 5.41) is 12.1. The third kappa shape index (κ3) is 6.19. The number of carbonyl (C=O) groups is 1. The van der Waals surface area contributed by atoms with E-state index in [1.165, 1.54) is 0 Å². The van der Waals surface area contributed by atoms with Crippen LogP contribution in [0.4, 0.5) is 39.3 Å². The van der Waals surface area contributed by atoms with Crippen molar-refractivity contribution in [2.24, 2.45) is 0 Å². The summed E-state index contributed by atoms with van der Waals surface area (Å²) in [6.45, 7) is 3.83. The molecule has 0 atom stereocenters. The van der Waals surface area contributed by atoms with Gasteiger partial charge in [-0.2, -0.15) is 0 Å². The van der Waals surface area contributed by atoms with E-state index in [4.69, 9.17) is 4.74 Å². The van der Waals surface area contributed by atoms with Crippen molar-refractivity contribution < 1.29 is 9.53 Å². The molecule has 0 fully saturated rings. The van der Waals surface area contributed by atoms with Crippen LogP contribution in [0.25, 0.3) is 0 Å². The highest BCUT2D eigenvalue weighted by Gasteiger charge is 2.06. The van der Waals surface area contributed by atoms with Crippen molar-refractivity contribution in [1.82, 2.24) is 15.0 Å². The lowest BCUT2D eigenvalue weighted by Gasteiger charge is -2.11. The molecule has 0 aliphatic carbocycles. The summed E-state index contributed by atoms with van der Waals surface area (Å²) in [6.07, 6.45) is 1.75. The molecule has 172 valence electrons. The Labute approximate surface area is 197 Å². The molecule has 9 heteroatoms. The van der Waals surface area contributed by atoms with Gasteiger partial charge in [-0.3, -0.25) is 0 Å². The first kappa shape index (κ1) is 22.5. The van der Waals surface area contributed by atoms with E-state index in [0.29, 0.717) is 34.7 Å². The topological polar surface area (TPSA) is 113 Å². The van der Waals surface area contributed by atoms with Crippen molar-refractivity contribution in [3.8, 4) is 5.75 Å². The highest BCUT2D eigenvalue weighted by atomic mass is 16.5. The van der Waals surface area contributed by atoms with Gasteiger partial charge in [0.1, 0.15) is 29.0 Å². The van der Waals surface area contributed by atoms with Gasteiger partial charge in [0.05, 0.1) is 7.11 Å². The Morgan fingerprint density at radius 3 is 1.94 bits per heavy atom. The van der Waals surface area contributed by atoms with E-state index in [1.807, 2.05) is 44.2 Å². The summed E-state index contributed by atoms with van der Waals surface area (Å²) >= 11 is 0. The van der Waals surface area contributed by atoms with Crippen molar-refractivity contribution in [3.05, 3.63) is 84.3 Å². The Hall–Kier alpha value is -4.66. The zero-order valence-electron chi connectivity index (χ0n) is 19.1. The lowest BCUT2D eigenvalue weighted by Crippen LogP contribution is -2.19. The highest BCUT2D eigenvalue weighted by molar-refractivity contribution is 5.99. The molecule has 2 aromatic heterocycles. The van der Waals surface area contributed by atoms with Crippen molar-refractivity contribution in [3.63, 3.8) is 0 Å². The lowest BCUT2D eigenvalue weighted by atomic mass is 10.2. The number of amides is 2. The number of rotatable bonds is 7. The van der Waals surface area contributed by atoms with Gasteiger partial charge in [0.15, 0.2) is 0 Å². The predicted octanol–water partition coefficient (Wildman–Crippen LogP) is 5.63. The summed E-state index contributed by atoms with van der Waals surface area (Å²) in [6, 6.07) is 19.8. The SMILES string of the molecule is COc1ccc(NC(=O)Nc2ccc(Nc3cc(Nc4cc(C)ccn4)nc(C)n3)cc2)cc1. The molecule has 4 rings (SSSR count). The fraction of sp³-hybridized carbons (Fsp3) is 0.120. The van der Waals surface area contributed by atoms with Gasteiger partial charge in [0.25, 0.3) is 0 Å². The van der Waals surface area contributed by atoms with E-state index < -0.39 is 0 Å². The molecule has 34 heavy (non-hydrogen) atoms. The van der Waals surface area contributed by atoms with E-state index in [0.717, 1.165) is 17.0 Å². The minimum Gasteiger partial charge on any atom is -0.497 e. The van der Waals surface area contributed by atoms with E-state index in [9.17, 15) is 4.79 Å². The van der Waals surface area contributed by atoms with Gasteiger partial charge in [-0.1, -0.05) is 0 Å². The average molecular weight is 456 g/mol. The largest absolute Gasteiger partial charge is 0.497 e. The van der Waals surface area contributed by atoms with Gasteiger partial charge in [-0.25, -0.2) is 19.7 Å². The maximum absolute atomic E-state index is 12.3. The van der Waals surface area contributed by atoms with Crippen LogP contribution in [0.3, 0.4) is 0 Å². The van der Waals surface area contributed by atoms with E-state index in [1.54, 1.807) is 49.7 Å². The zero-order valence-corrected chi connectivity index (χ0v) is 19.1. The van der Waals surface area contributed by atoms with E-state index in [2.05, 4.69) is 36.2 Å². The van der Waals surface area contributed by atoms with Crippen LogP contribution in [-0.4, -0.2) is 28.1 Å². The molecule has 0 aliphatic heterocycles. The first-order chi connectivity index (χ1) is 16.5. The van der Waals surface area contributed by atoms with Gasteiger partial charge in [-0.15, -0.1) is 0 Å². The molecule has 0 spiro atoms. The van der Waals surface area contributed by atoms with Crippen LogP contribution in [-0.2, 0) is 0 Å². The van der Waals surface area contributed by atoms with Crippen LogP contribution in [0.2, 0.25) is 0 Å². The van der Waals surface area contributed by atoms with Crippen LogP contribution >= 0.6 is 0 Å². The second kappa shape index (κ2) is 10.3. The number of hydrogen-bond donors (Lipinski definition) is 4. The van der Waals surface area contributed by atoms with Crippen molar-refractivity contribution in [1.29, 1.82) is 0 Å². The normalized spacial score (nSPS) is 10.3. The number of nitrogens with one attached hydrogen (secondary N) is 4. The van der Waals surface area contributed by atoms with Gasteiger partial charge in [0.2, 0.25) is 0 Å². The molecule has 9 nitrogen and oxygen atoms in total. The Balaban J connectivity index is 1.37. The minimum absolute atomic E-state index is 0.335. The summed E-state index contributed by atoms with van der Waals surface area (Å²) in [5.41, 5.74) is 3.25. The van der Waals surface area contributed by atoms with Crippen LogP contribution in [0.1, 0.15) is 11.4 Å². The van der Waals surface area contributed by atoms with Crippen LogP contribution < -0.4 is 26.0 Å². The Bertz CT molecular complexity index is 1280. The molecular weight excluding hydrogens is 430 g/mol. The number of aryl methyl sites for hydroxylation is 2.